The molecule has 214 valence electrons. The van der Waals surface area contributed by atoms with E-state index < -0.39 is 5.97 Å². The fourth-order valence-electron chi connectivity index (χ4n) is 5.23. The van der Waals surface area contributed by atoms with Crippen LogP contribution in [-0.2, 0) is 16.1 Å². The van der Waals surface area contributed by atoms with Crippen LogP contribution in [0.3, 0.4) is 0 Å². The number of unbranched alkanes of at least 4 members (excludes halogenated alkanes) is 4. The minimum atomic E-state index is -0.919. The Morgan fingerprint density at radius 3 is 2.38 bits per heavy atom. The monoisotopic (exact) mass is 538 g/mol. The van der Waals surface area contributed by atoms with Gasteiger partial charge in [-0.1, -0.05) is 69.0 Å². The van der Waals surface area contributed by atoms with Crippen LogP contribution in [-0.4, -0.2) is 53.9 Å². The molecule has 2 atom stereocenters. The van der Waals surface area contributed by atoms with Crippen LogP contribution in [0.4, 0.5) is 10.5 Å². The van der Waals surface area contributed by atoms with Crippen molar-refractivity contribution in [1.29, 1.82) is 0 Å². The lowest BCUT2D eigenvalue weighted by atomic mass is 9.94. The predicted octanol–water partition coefficient (Wildman–Crippen LogP) is 7.35. The summed E-state index contributed by atoms with van der Waals surface area (Å²) in [4.78, 5) is 26.7. The molecule has 1 fully saturated rings. The number of carboxylic acid groups (broad SMARTS) is 1. The van der Waals surface area contributed by atoms with Gasteiger partial charge in [0.2, 0.25) is 0 Å². The largest absolute Gasteiger partial charge is 0.478 e. The van der Waals surface area contributed by atoms with Gasteiger partial charge in [-0.05, 0) is 68.7 Å². The number of benzene rings is 2. The topological polar surface area (TPSA) is 88.1 Å². The summed E-state index contributed by atoms with van der Waals surface area (Å²) in [5.41, 5.74) is 3.67. The lowest BCUT2D eigenvalue weighted by Gasteiger charge is -2.30. The molecule has 0 spiro atoms. The Hall–Kier alpha value is -2.90. The predicted molar refractivity (Wildman–Crippen MR) is 155 cm³/mol. The van der Waals surface area contributed by atoms with E-state index in [9.17, 15) is 14.7 Å². The van der Waals surface area contributed by atoms with Gasteiger partial charge in [-0.25, -0.2) is 9.59 Å². The average Bonchev–Trinajstić information content (AvgIpc) is 2.92. The van der Waals surface area contributed by atoms with E-state index in [1.165, 1.54) is 19.3 Å². The standard InChI is InChI=1S/C32H46N2O5/c1-4-5-6-7-10-19-34(32(37)33-29-18-9-8-13-24(29)2)20-21-38-27-16-12-17-28(22-27)39-23-26-15-11-14-25(3)30(26)31(35)36/h8-9,11,13-15,18,27-28H,4-7,10,12,16-17,19-23H2,1-3H3,(H,33,37)(H,35,36)/t27-,28?/m0/s1. The van der Waals surface area contributed by atoms with Crippen LogP contribution in [0.5, 0.6) is 0 Å². The number of carbonyl (C=O) groups excluding carboxylic acids is 1. The summed E-state index contributed by atoms with van der Waals surface area (Å²) in [7, 11) is 0. The molecule has 0 aliphatic heterocycles. The number of hydrogen-bond acceptors (Lipinski definition) is 4. The maximum absolute atomic E-state index is 13.1. The van der Waals surface area contributed by atoms with Gasteiger partial charge in [0.15, 0.2) is 0 Å². The third kappa shape index (κ3) is 9.97. The number of hydrogen-bond donors (Lipinski definition) is 2. The van der Waals surface area contributed by atoms with E-state index in [1.54, 1.807) is 0 Å². The van der Waals surface area contributed by atoms with Crippen LogP contribution in [0.25, 0.3) is 0 Å². The molecular weight excluding hydrogens is 492 g/mol. The molecule has 2 aromatic rings. The van der Waals surface area contributed by atoms with Crippen molar-refractivity contribution in [1.82, 2.24) is 4.90 Å². The van der Waals surface area contributed by atoms with E-state index in [1.807, 2.05) is 61.2 Å². The van der Waals surface area contributed by atoms with Gasteiger partial charge in [0.25, 0.3) is 0 Å². The fourth-order valence-corrected chi connectivity index (χ4v) is 5.23. The van der Waals surface area contributed by atoms with Crippen LogP contribution in [0.2, 0.25) is 0 Å². The number of aromatic carboxylic acids is 1. The first-order chi connectivity index (χ1) is 18.9. The lowest BCUT2D eigenvalue weighted by Crippen LogP contribution is -2.39. The maximum atomic E-state index is 13.1. The molecule has 0 saturated heterocycles. The van der Waals surface area contributed by atoms with Crippen LogP contribution < -0.4 is 5.32 Å². The Kier molecular flexibility index (Phi) is 12.8. The molecule has 1 saturated carbocycles. The van der Waals surface area contributed by atoms with Crippen molar-refractivity contribution in [2.75, 3.05) is 25.0 Å². The smallest absolute Gasteiger partial charge is 0.336 e. The zero-order valence-corrected chi connectivity index (χ0v) is 23.9. The highest BCUT2D eigenvalue weighted by Gasteiger charge is 2.24. The van der Waals surface area contributed by atoms with Crippen molar-refractivity contribution >= 4 is 17.7 Å². The number of urea groups is 1. The number of nitrogens with zero attached hydrogens (tertiary/aromatic N) is 1. The fraction of sp³-hybridized carbons (Fsp3) is 0.562. The first-order valence-corrected chi connectivity index (χ1v) is 14.6. The minimum Gasteiger partial charge on any atom is -0.478 e. The number of nitrogens with one attached hydrogen (secondary N) is 1. The van der Waals surface area contributed by atoms with Gasteiger partial charge in [0.05, 0.1) is 31.0 Å². The second-order valence-corrected chi connectivity index (χ2v) is 10.7. The second-order valence-electron chi connectivity index (χ2n) is 10.7. The molecule has 7 heteroatoms. The molecule has 3 rings (SSSR count). The van der Waals surface area contributed by atoms with E-state index in [0.29, 0.717) is 30.8 Å². The quantitative estimate of drug-likeness (QED) is 0.231. The molecule has 2 aromatic carbocycles. The van der Waals surface area contributed by atoms with Gasteiger partial charge in [0.1, 0.15) is 0 Å². The molecule has 1 aliphatic carbocycles. The summed E-state index contributed by atoms with van der Waals surface area (Å²) in [6.45, 7) is 8.03. The average molecular weight is 539 g/mol. The molecule has 2 amide bonds. The molecular formula is C32H46N2O5. The molecule has 7 nitrogen and oxygen atoms in total. The number of aryl methyl sites for hydroxylation is 2. The Morgan fingerprint density at radius 2 is 1.64 bits per heavy atom. The summed E-state index contributed by atoms with van der Waals surface area (Å²) in [6, 6.07) is 13.3. The number of anilines is 1. The van der Waals surface area contributed by atoms with E-state index >= 15 is 0 Å². The second kappa shape index (κ2) is 16.3. The third-order valence-electron chi connectivity index (χ3n) is 7.55. The molecule has 1 aliphatic rings. The first-order valence-electron chi connectivity index (χ1n) is 14.6. The van der Waals surface area contributed by atoms with E-state index in [4.69, 9.17) is 9.47 Å². The molecule has 0 aromatic heterocycles. The van der Waals surface area contributed by atoms with Gasteiger partial charge >= 0.3 is 12.0 Å². The Balaban J connectivity index is 1.49. The molecule has 0 bridgehead atoms. The number of ether oxygens (including phenoxy) is 2. The van der Waals surface area contributed by atoms with Crippen molar-refractivity contribution < 1.29 is 24.2 Å². The summed E-state index contributed by atoms with van der Waals surface area (Å²) in [6.07, 6.45) is 9.52. The number of amides is 2. The number of carbonyl (C=O) groups is 2. The van der Waals surface area contributed by atoms with E-state index in [2.05, 4.69) is 12.2 Å². The highest BCUT2D eigenvalue weighted by molar-refractivity contribution is 5.91. The van der Waals surface area contributed by atoms with Crippen LogP contribution in [0.1, 0.15) is 91.8 Å². The Bertz CT molecular complexity index is 1060. The summed E-state index contributed by atoms with van der Waals surface area (Å²) in [5, 5.41) is 12.7. The molecule has 2 N–H and O–H groups in total. The van der Waals surface area contributed by atoms with Crippen molar-refractivity contribution in [3.8, 4) is 0 Å². The van der Waals surface area contributed by atoms with E-state index in [0.717, 1.165) is 55.3 Å². The van der Waals surface area contributed by atoms with Crippen molar-refractivity contribution in [3.63, 3.8) is 0 Å². The highest BCUT2D eigenvalue weighted by Crippen LogP contribution is 2.25. The first kappa shape index (κ1) is 30.6. The lowest BCUT2D eigenvalue weighted by molar-refractivity contribution is -0.0523. The van der Waals surface area contributed by atoms with Crippen LogP contribution in [0.15, 0.2) is 42.5 Å². The Morgan fingerprint density at radius 1 is 0.923 bits per heavy atom. The van der Waals surface area contributed by atoms with Crippen molar-refractivity contribution in [3.05, 3.63) is 64.7 Å². The van der Waals surface area contributed by atoms with Gasteiger partial charge < -0.3 is 24.8 Å². The summed E-state index contributed by atoms with van der Waals surface area (Å²) < 4.78 is 12.4. The van der Waals surface area contributed by atoms with E-state index in [-0.39, 0.29) is 24.8 Å². The zero-order chi connectivity index (χ0) is 28.0. The van der Waals surface area contributed by atoms with Gasteiger partial charge in [0, 0.05) is 18.8 Å². The molecule has 0 radical (unpaired) electrons. The van der Waals surface area contributed by atoms with Crippen molar-refractivity contribution in [2.24, 2.45) is 0 Å². The maximum Gasteiger partial charge on any atom is 0.336 e. The zero-order valence-electron chi connectivity index (χ0n) is 23.9. The molecule has 0 heterocycles. The molecule has 39 heavy (non-hydrogen) atoms. The van der Waals surface area contributed by atoms with Crippen LogP contribution >= 0.6 is 0 Å². The van der Waals surface area contributed by atoms with Gasteiger partial charge in [-0.3, -0.25) is 0 Å². The van der Waals surface area contributed by atoms with Crippen LogP contribution in [0, 0.1) is 13.8 Å². The minimum absolute atomic E-state index is 0.0323. The number of carboxylic acids is 1. The Labute approximate surface area is 233 Å². The third-order valence-corrected chi connectivity index (χ3v) is 7.55. The SMILES string of the molecule is CCCCCCCN(CCO[C@H]1CCCC(OCc2cccc(C)c2C(=O)O)C1)C(=O)Nc1ccccc1C. The highest BCUT2D eigenvalue weighted by atomic mass is 16.5. The number of para-hydroxylation sites is 1. The summed E-state index contributed by atoms with van der Waals surface area (Å²) >= 11 is 0. The van der Waals surface area contributed by atoms with Gasteiger partial charge in [-0.2, -0.15) is 0 Å². The number of rotatable bonds is 15. The van der Waals surface area contributed by atoms with Crippen molar-refractivity contribution in [2.45, 2.75) is 97.4 Å². The normalized spacial score (nSPS) is 17.1. The molecule has 1 unspecified atom stereocenters. The summed E-state index contributed by atoms with van der Waals surface area (Å²) in [5.74, 6) is -0.919. The van der Waals surface area contributed by atoms with Gasteiger partial charge in [-0.15, -0.1) is 0 Å².